The molecule has 0 saturated carbocycles. The number of hydrogen-bond acceptors (Lipinski definition) is 2. The van der Waals surface area contributed by atoms with E-state index in [-0.39, 0.29) is 0 Å². The number of ether oxygens (including phenoxy) is 1. The summed E-state index contributed by atoms with van der Waals surface area (Å²) in [7, 11) is 0. The van der Waals surface area contributed by atoms with Crippen molar-refractivity contribution < 1.29 is 4.74 Å². The van der Waals surface area contributed by atoms with Crippen LogP contribution in [0.5, 0.6) is 11.5 Å². The van der Waals surface area contributed by atoms with Crippen LogP contribution in [0.2, 0.25) is 0 Å². The van der Waals surface area contributed by atoms with E-state index in [1.54, 1.807) is 0 Å². The Morgan fingerprint density at radius 2 is 1.14 bits per heavy atom. The highest BCUT2D eigenvalue weighted by molar-refractivity contribution is 6.18. The molecule has 4 aromatic heterocycles. The van der Waals surface area contributed by atoms with E-state index in [0.29, 0.717) is 0 Å². The van der Waals surface area contributed by atoms with Gasteiger partial charge in [-0.1, -0.05) is 91.0 Å². The summed E-state index contributed by atoms with van der Waals surface area (Å²) >= 11 is 0. The van der Waals surface area contributed by atoms with E-state index < -0.39 is 0 Å². The molecule has 0 bridgehead atoms. The summed E-state index contributed by atoms with van der Waals surface area (Å²) < 4.78 is 15.9. The van der Waals surface area contributed by atoms with Crippen molar-refractivity contribution in [2.75, 3.05) is 0 Å². The van der Waals surface area contributed by atoms with Gasteiger partial charge in [0.1, 0.15) is 5.52 Å². The minimum absolute atomic E-state index is 0.865. The average molecular weight is 654 g/mol. The molecule has 6 nitrogen and oxygen atoms in total. The van der Waals surface area contributed by atoms with Gasteiger partial charge in [0, 0.05) is 27.5 Å². The topological polar surface area (TPSA) is 41.3 Å². The van der Waals surface area contributed by atoms with Crippen LogP contribution in [0.1, 0.15) is 0 Å². The van der Waals surface area contributed by atoms with Crippen LogP contribution >= 0.6 is 0 Å². The fraction of sp³-hybridized carbons (Fsp3) is 0. The van der Waals surface area contributed by atoms with Crippen LogP contribution < -0.4 is 4.74 Å². The van der Waals surface area contributed by atoms with Gasteiger partial charge < -0.3 is 9.30 Å². The van der Waals surface area contributed by atoms with E-state index in [0.717, 1.165) is 78.7 Å². The highest BCUT2D eigenvalue weighted by Gasteiger charge is 2.27. The molecule has 51 heavy (non-hydrogen) atoms. The molecular formula is C45H27N5O. The quantitative estimate of drug-likeness (QED) is 0.190. The van der Waals surface area contributed by atoms with Crippen molar-refractivity contribution in [3.05, 3.63) is 164 Å². The van der Waals surface area contributed by atoms with Crippen molar-refractivity contribution in [1.82, 2.24) is 23.1 Å². The number of fused-ring (bicyclic) bond motifs is 12. The Morgan fingerprint density at radius 3 is 1.94 bits per heavy atom. The highest BCUT2D eigenvalue weighted by atomic mass is 16.5. The Kier molecular flexibility index (Phi) is 5.14. The number of nitrogens with zero attached hydrogens (tertiary/aromatic N) is 5. The van der Waals surface area contributed by atoms with Crippen LogP contribution in [-0.4, -0.2) is 23.1 Å². The zero-order valence-corrected chi connectivity index (χ0v) is 27.2. The van der Waals surface area contributed by atoms with Gasteiger partial charge in [0.2, 0.25) is 5.78 Å². The molecule has 0 spiro atoms. The number of imidazole rings is 2. The molecule has 1 aliphatic rings. The highest BCUT2D eigenvalue weighted by Crippen LogP contribution is 2.48. The first-order valence-electron chi connectivity index (χ1n) is 17.2. The van der Waals surface area contributed by atoms with Crippen LogP contribution in [0.4, 0.5) is 0 Å². The second kappa shape index (κ2) is 9.77. The molecule has 1 aliphatic heterocycles. The molecule has 0 radical (unpaired) electrons. The van der Waals surface area contributed by atoms with Crippen LogP contribution in [0.3, 0.4) is 0 Å². The summed E-state index contributed by atoms with van der Waals surface area (Å²) in [5.74, 6) is 2.61. The Labute approximate surface area is 291 Å². The van der Waals surface area contributed by atoms with E-state index in [1.165, 1.54) is 21.7 Å². The fourth-order valence-corrected chi connectivity index (χ4v) is 8.48. The maximum Gasteiger partial charge on any atom is 0.221 e. The van der Waals surface area contributed by atoms with Crippen molar-refractivity contribution in [3.8, 4) is 39.7 Å². The molecule has 238 valence electrons. The molecule has 0 saturated heterocycles. The molecule has 6 heteroatoms. The third kappa shape index (κ3) is 3.48. The van der Waals surface area contributed by atoms with Gasteiger partial charge in [0.05, 0.1) is 33.3 Å². The Bertz CT molecular complexity index is 3220. The molecule has 0 aliphatic carbocycles. The number of rotatable bonds is 3. The zero-order valence-electron chi connectivity index (χ0n) is 27.2. The number of hydrogen-bond donors (Lipinski definition) is 0. The average Bonchev–Trinajstić information content (AvgIpc) is 3.92. The molecule has 0 fully saturated rings. The second-order valence-corrected chi connectivity index (χ2v) is 13.2. The third-order valence-electron chi connectivity index (χ3n) is 10.5. The van der Waals surface area contributed by atoms with Crippen molar-refractivity contribution >= 4 is 60.7 Å². The smallest absolute Gasteiger partial charge is 0.221 e. The Morgan fingerprint density at radius 1 is 0.471 bits per heavy atom. The van der Waals surface area contributed by atoms with E-state index >= 15 is 0 Å². The van der Waals surface area contributed by atoms with Crippen molar-refractivity contribution in [2.24, 2.45) is 0 Å². The first-order valence-corrected chi connectivity index (χ1v) is 17.2. The SMILES string of the molecule is c1ccc(-n2c3c4ccccc4n(-c4ccccc4)c3n3c4ccc(-c5ccc6c7c5c5ccccc5n7-c5ccccc5O6)cc4nc23)cc1. The normalized spacial score (nSPS) is 12.5. The second-order valence-electron chi connectivity index (χ2n) is 13.2. The molecule has 11 aromatic rings. The van der Waals surface area contributed by atoms with E-state index in [9.17, 15) is 0 Å². The lowest BCUT2D eigenvalue weighted by Crippen LogP contribution is -2.03. The third-order valence-corrected chi connectivity index (χ3v) is 10.5. The van der Waals surface area contributed by atoms with Crippen molar-refractivity contribution in [1.29, 1.82) is 0 Å². The van der Waals surface area contributed by atoms with E-state index in [1.807, 2.05) is 12.1 Å². The largest absolute Gasteiger partial charge is 0.453 e. The molecular weight excluding hydrogens is 627 g/mol. The summed E-state index contributed by atoms with van der Waals surface area (Å²) in [6.07, 6.45) is 0. The van der Waals surface area contributed by atoms with Crippen LogP contribution in [0, 0.1) is 0 Å². The predicted molar refractivity (Wildman–Crippen MR) is 206 cm³/mol. The fourth-order valence-electron chi connectivity index (χ4n) is 8.48. The number of benzene rings is 7. The molecule has 0 N–H and O–H groups in total. The lowest BCUT2D eigenvalue weighted by molar-refractivity contribution is 0.476. The van der Waals surface area contributed by atoms with Crippen LogP contribution in [0.15, 0.2) is 164 Å². The summed E-state index contributed by atoms with van der Waals surface area (Å²) in [4.78, 5) is 5.43. The molecule has 0 unspecified atom stereocenters. The number of para-hydroxylation sites is 6. The van der Waals surface area contributed by atoms with Gasteiger partial charge in [-0.2, -0.15) is 0 Å². The van der Waals surface area contributed by atoms with Crippen LogP contribution in [-0.2, 0) is 0 Å². The van der Waals surface area contributed by atoms with Crippen LogP contribution in [0.25, 0.3) is 88.9 Å². The lowest BCUT2D eigenvalue weighted by atomic mass is 9.98. The molecule has 0 atom stereocenters. The summed E-state index contributed by atoms with van der Waals surface area (Å²) in [5, 5.41) is 3.56. The van der Waals surface area contributed by atoms with Gasteiger partial charge in [-0.15, -0.1) is 0 Å². The first kappa shape index (κ1) is 26.9. The molecule has 7 aromatic carbocycles. The minimum atomic E-state index is 0.865. The van der Waals surface area contributed by atoms with Gasteiger partial charge in [0.25, 0.3) is 0 Å². The zero-order chi connectivity index (χ0) is 33.2. The Hall–Kier alpha value is -7.05. The molecule has 5 heterocycles. The van der Waals surface area contributed by atoms with Gasteiger partial charge in [0.15, 0.2) is 17.1 Å². The summed E-state index contributed by atoms with van der Waals surface area (Å²) in [6.45, 7) is 0. The molecule has 0 amide bonds. The maximum absolute atomic E-state index is 6.50. The number of aromatic nitrogens is 5. The molecule has 12 rings (SSSR count). The van der Waals surface area contributed by atoms with Gasteiger partial charge >= 0.3 is 0 Å². The summed E-state index contributed by atoms with van der Waals surface area (Å²) in [6, 6.07) is 57.9. The minimum Gasteiger partial charge on any atom is -0.453 e. The lowest BCUT2D eigenvalue weighted by Gasteiger charge is -2.21. The standard InChI is InChI=1S/C45H27N5O/c1-3-13-29(14-4-1)47-36-20-10-8-18-33(36)42-44(47)50-37-25-23-28(27-34(37)46-45(50)48(42)30-15-5-2-6-16-30)31-24-26-40-43-41(31)32-17-7-9-19-35(32)49(43)38-21-11-12-22-39(38)51-40/h1-27H. The van der Waals surface area contributed by atoms with Crippen molar-refractivity contribution in [3.63, 3.8) is 0 Å². The maximum atomic E-state index is 6.50. The monoisotopic (exact) mass is 653 g/mol. The van der Waals surface area contributed by atoms with E-state index in [2.05, 4.69) is 170 Å². The first-order chi connectivity index (χ1) is 25.3. The van der Waals surface area contributed by atoms with Gasteiger partial charge in [-0.3, -0.25) is 13.5 Å². The Balaban J connectivity index is 1.18. The predicted octanol–water partition coefficient (Wildman–Crippen LogP) is 11.2. The summed E-state index contributed by atoms with van der Waals surface area (Å²) in [5.41, 5.74) is 13.1. The van der Waals surface area contributed by atoms with Crippen molar-refractivity contribution in [2.45, 2.75) is 0 Å². The van der Waals surface area contributed by atoms with Gasteiger partial charge in [-0.05, 0) is 83.9 Å². The van der Waals surface area contributed by atoms with E-state index in [4.69, 9.17) is 9.72 Å². The van der Waals surface area contributed by atoms with Gasteiger partial charge in [-0.25, -0.2) is 4.98 Å².